The maximum Gasteiger partial charge on any atom is 0.0469 e. The topological polar surface area (TPSA) is 23.1 Å². The summed E-state index contributed by atoms with van der Waals surface area (Å²) in [5, 5.41) is 13.2. The van der Waals surface area contributed by atoms with Crippen LogP contribution in [0, 0.1) is 0 Å². The van der Waals surface area contributed by atoms with Gasteiger partial charge >= 0.3 is 0 Å². The van der Waals surface area contributed by atoms with Crippen molar-refractivity contribution < 1.29 is 5.21 Å². The summed E-state index contributed by atoms with van der Waals surface area (Å²) in [5.41, 5.74) is -0.259. The van der Waals surface area contributed by atoms with Crippen molar-refractivity contribution >= 4 is 0 Å². The van der Waals surface area contributed by atoms with E-state index in [1.807, 2.05) is 13.8 Å². The third kappa shape index (κ3) is 1.50. The van der Waals surface area contributed by atoms with E-state index in [0.717, 1.165) is 19.3 Å². The van der Waals surface area contributed by atoms with Crippen LogP contribution in [0.5, 0.6) is 0 Å². The largest absolute Gasteiger partial charge is 0.144 e. The Labute approximate surface area is 75.5 Å². The smallest absolute Gasteiger partial charge is 0.0469 e. The van der Waals surface area contributed by atoms with Crippen LogP contribution in [0.1, 0.15) is 53.4 Å². The van der Waals surface area contributed by atoms with Crippen LogP contribution in [-0.2, 0) is 5.21 Å². The summed E-state index contributed by atoms with van der Waals surface area (Å²) in [4.78, 5) is 0. The second-order valence-electron chi connectivity index (χ2n) is 4.81. The summed E-state index contributed by atoms with van der Waals surface area (Å²) < 4.78 is 0. The van der Waals surface area contributed by atoms with Crippen LogP contribution in [0.25, 0.3) is 0 Å². The van der Waals surface area contributed by atoms with E-state index in [-0.39, 0.29) is 11.1 Å². The van der Waals surface area contributed by atoms with Crippen molar-refractivity contribution in [2.45, 2.75) is 64.5 Å². The van der Waals surface area contributed by atoms with Crippen LogP contribution in [-0.4, -0.2) is 16.1 Å². The number of piperidine rings is 1. The Bertz CT molecular complexity index is 167. The zero-order valence-corrected chi connectivity index (χ0v) is 8.68. The molecule has 0 bridgehead atoms. The van der Waals surface area contributed by atoms with Crippen molar-refractivity contribution in [3.05, 3.63) is 0 Å². The fraction of sp³-hybridized carbons (Fsp3) is 1.00. The molecular weight excluding hydrogens is 150 g/mol. The lowest BCUT2D eigenvalue weighted by atomic mass is 9.80. The predicted octanol–water partition coefficient (Wildman–Crippen LogP) is 2.77. The molecule has 1 aliphatic heterocycles. The lowest BCUT2D eigenvalue weighted by Crippen LogP contribution is -2.57. The molecule has 1 rings (SSSR count). The van der Waals surface area contributed by atoms with Crippen LogP contribution in [0.3, 0.4) is 0 Å². The van der Waals surface area contributed by atoms with Crippen LogP contribution in [0.2, 0.25) is 0 Å². The van der Waals surface area contributed by atoms with Crippen molar-refractivity contribution in [2.75, 3.05) is 0 Å². The molecule has 0 saturated carbocycles. The molecule has 71 valence electrons. The summed E-state index contributed by atoms with van der Waals surface area (Å²) in [7, 11) is 0. The third-order valence-electron chi connectivity index (χ3n) is 3.31. The molecule has 0 aromatic carbocycles. The molecule has 0 amide bonds. The quantitative estimate of drug-likeness (QED) is 0.593. The SMILES string of the molecule is CCC1(C)CCCC(C)(C)N1[O]. The van der Waals surface area contributed by atoms with Gasteiger partial charge in [0.1, 0.15) is 0 Å². The molecule has 2 nitrogen and oxygen atoms in total. The van der Waals surface area contributed by atoms with Gasteiger partial charge < -0.3 is 0 Å². The Morgan fingerprint density at radius 2 is 1.83 bits per heavy atom. The normalized spacial score (nSPS) is 36.8. The Kier molecular flexibility index (Phi) is 2.50. The van der Waals surface area contributed by atoms with Crippen molar-refractivity contribution in [1.82, 2.24) is 5.06 Å². The van der Waals surface area contributed by atoms with E-state index in [1.54, 1.807) is 0 Å². The first-order chi connectivity index (χ1) is 5.42. The number of nitrogens with zero attached hydrogens (tertiary/aromatic N) is 1. The highest BCUT2D eigenvalue weighted by Gasteiger charge is 2.43. The zero-order chi connectivity index (χ0) is 9.41. The zero-order valence-electron chi connectivity index (χ0n) is 8.68. The molecule has 0 spiro atoms. The summed E-state index contributed by atoms with van der Waals surface area (Å²) in [6, 6.07) is 0. The van der Waals surface area contributed by atoms with Crippen LogP contribution in [0.15, 0.2) is 0 Å². The minimum Gasteiger partial charge on any atom is -0.144 e. The number of hydrogen-bond acceptors (Lipinski definition) is 1. The predicted molar refractivity (Wildman–Crippen MR) is 49.2 cm³/mol. The highest BCUT2D eigenvalue weighted by Crippen LogP contribution is 2.38. The lowest BCUT2D eigenvalue weighted by molar-refractivity contribution is -0.292. The monoisotopic (exact) mass is 170 g/mol. The summed E-state index contributed by atoms with van der Waals surface area (Å²) in [5.74, 6) is 0. The molecule has 1 saturated heterocycles. The molecule has 1 unspecified atom stereocenters. The van der Waals surface area contributed by atoms with Gasteiger partial charge in [-0.05, 0) is 46.5 Å². The maximum atomic E-state index is 11.9. The van der Waals surface area contributed by atoms with E-state index in [1.165, 1.54) is 11.5 Å². The van der Waals surface area contributed by atoms with Crippen molar-refractivity contribution in [3.8, 4) is 0 Å². The minimum absolute atomic E-state index is 0.109. The Balaban J connectivity index is 2.79. The van der Waals surface area contributed by atoms with Gasteiger partial charge in [-0.15, -0.1) is 10.3 Å². The molecule has 12 heavy (non-hydrogen) atoms. The van der Waals surface area contributed by atoms with Gasteiger partial charge in [0, 0.05) is 11.1 Å². The standard InChI is InChI=1S/C10H20NO/c1-5-10(4)8-6-7-9(2,3)11(10)12/h5-8H2,1-4H3. The van der Waals surface area contributed by atoms with Gasteiger partial charge in [-0.25, -0.2) is 0 Å². The highest BCUT2D eigenvalue weighted by atomic mass is 16.5. The molecule has 1 radical (unpaired) electrons. The average Bonchev–Trinajstić information content (AvgIpc) is 2.00. The van der Waals surface area contributed by atoms with Crippen molar-refractivity contribution in [3.63, 3.8) is 0 Å². The first-order valence-corrected chi connectivity index (χ1v) is 4.90. The molecule has 2 heteroatoms. The van der Waals surface area contributed by atoms with E-state index in [9.17, 15) is 5.21 Å². The highest BCUT2D eigenvalue weighted by molar-refractivity contribution is 4.93. The van der Waals surface area contributed by atoms with E-state index in [0.29, 0.717) is 0 Å². The van der Waals surface area contributed by atoms with E-state index in [2.05, 4.69) is 13.8 Å². The molecule has 1 aliphatic rings. The van der Waals surface area contributed by atoms with Gasteiger partial charge in [-0.3, -0.25) is 0 Å². The number of rotatable bonds is 1. The second-order valence-corrected chi connectivity index (χ2v) is 4.81. The third-order valence-corrected chi connectivity index (χ3v) is 3.31. The van der Waals surface area contributed by atoms with Gasteiger partial charge in [0.05, 0.1) is 0 Å². The summed E-state index contributed by atoms with van der Waals surface area (Å²) in [6.07, 6.45) is 4.23. The average molecular weight is 170 g/mol. The molecule has 0 aromatic heterocycles. The fourth-order valence-corrected chi connectivity index (χ4v) is 2.16. The summed E-state index contributed by atoms with van der Waals surface area (Å²) in [6.45, 7) is 8.29. The minimum atomic E-state index is -0.150. The second kappa shape index (κ2) is 3.00. The molecular formula is C10H20NO. The summed E-state index contributed by atoms with van der Waals surface area (Å²) >= 11 is 0. The Hall–Kier alpha value is -0.0800. The van der Waals surface area contributed by atoms with Crippen LogP contribution >= 0.6 is 0 Å². The maximum absolute atomic E-state index is 11.9. The number of hydroxylamine groups is 2. The molecule has 0 aliphatic carbocycles. The van der Waals surface area contributed by atoms with E-state index in [4.69, 9.17) is 0 Å². The van der Waals surface area contributed by atoms with Gasteiger partial charge in [-0.2, -0.15) is 0 Å². The van der Waals surface area contributed by atoms with Crippen LogP contribution in [0.4, 0.5) is 0 Å². The fourth-order valence-electron chi connectivity index (χ4n) is 2.16. The number of hydrogen-bond donors (Lipinski definition) is 0. The van der Waals surface area contributed by atoms with Gasteiger partial charge in [-0.1, -0.05) is 6.92 Å². The Morgan fingerprint density at radius 3 is 2.25 bits per heavy atom. The van der Waals surface area contributed by atoms with Gasteiger partial charge in [0.2, 0.25) is 0 Å². The van der Waals surface area contributed by atoms with Gasteiger partial charge in [0.15, 0.2) is 0 Å². The Morgan fingerprint density at radius 1 is 1.25 bits per heavy atom. The van der Waals surface area contributed by atoms with E-state index < -0.39 is 0 Å². The molecule has 1 fully saturated rings. The molecule has 1 heterocycles. The van der Waals surface area contributed by atoms with E-state index >= 15 is 0 Å². The molecule has 1 atom stereocenters. The lowest BCUT2D eigenvalue weighted by Gasteiger charge is -2.48. The van der Waals surface area contributed by atoms with Gasteiger partial charge in [0.25, 0.3) is 0 Å². The molecule has 0 N–H and O–H groups in total. The van der Waals surface area contributed by atoms with Crippen molar-refractivity contribution in [2.24, 2.45) is 0 Å². The van der Waals surface area contributed by atoms with Crippen LogP contribution < -0.4 is 0 Å². The first kappa shape index (κ1) is 10.0. The molecule has 0 aromatic rings. The first-order valence-electron chi connectivity index (χ1n) is 4.90. The van der Waals surface area contributed by atoms with Crippen molar-refractivity contribution in [1.29, 1.82) is 0 Å².